The second kappa shape index (κ2) is 25.1. The van der Waals surface area contributed by atoms with Crippen LogP contribution in [-0.2, 0) is 19.1 Å². The van der Waals surface area contributed by atoms with Crippen LogP contribution in [0.4, 0.5) is 0 Å². The van der Waals surface area contributed by atoms with Gasteiger partial charge in [0, 0.05) is 13.0 Å². The van der Waals surface area contributed by atoms with Gasteiger partial charge in [-0.1, -0.05) is 117 Å². The van der Waals surface area contributed by atoms with Crippen LogP contribution in [0.15, 0.2) is 0 Å². The number of hydrogen-bond donors (Lipinski definition) is 6. The van der Waals surface area contributed by atoms with Crippen LogP contribution < -0.4 is 10.6 Å². The lowest BCUT2D eigenvalue weighted by Gasteiger charge is -2.39. The van der Waals surface area contributed by atoms with Crippen LogP contribution in [-0.4, -0.2) is 88.7 Å². The summed E-state index contributed by atoms with van der Waals surface area (Å²) in [7, 11) is 0. The van der Waals surface area contributed by atoms with Crippen molar-refractivity contribution in [2.24, 2.45) is 0 Å². The molecule has 6 atom stereocenters. The maximum atomic E-state index is 13.0. The molecule has 248 valence electrons. The van der Waals surface area contributed by atoms with E-state index in [0.29, 0.717) is 13.0 Å². The van der Waals surface area contributed by atoms with E-state index in [4.69, 9.17) is 9.47 Å². The van der Waals surface area contributed by atoms with E-state index < -0.39 is 43.4 Å². The zero-order valence-corrected chi connectivity index (χ0v) is 26.4. The Morgan fingerprint density at radius 1 is 0.714 bits per heavy atom. The summed E-state index contributed by atoms with van der Waals surface area (Å²) in [6.45, 7) is 4.03. The lowest BCUT2D eigenvalue weighted by Crippen LogP contribution is -2.60. The lowest BCUT2D eigenvalue weighted by molar-refractivity contribution is -0.301. The quantitative estimate of drug-likeness (QED) is 0.0815. The smallest absolute Gasteiger partial charge is 0.244 e. The molecule has 1 unspecified atom stereocenters. The Morgan fingerprint density at radius 3 is 1.74 bits per heavy atom. The Kier molecular flexibility index (Phi) is 23.1. The van der Waals surface area contributed by atoms with Crippen molar-refractivity contribution < 1.29 is 39.5 Å². The van der Waals surface area contributed by atoms with Crippen molar-refractivity contribution in [2.75, 3.05) is 19.8 Å². The van der Waals surface area contributed by atoms with Gasteiger partial charge in [-0.15, -0.1) is 0 Å². The predicted molar refractivity (Wildman–Crippen MR) is 164 cm³/mol. The van der Waals surface area contributed by atoms with Gasteiger partial charge in [0.25, 0.3) is 0 Å². The van der Waals surface area contributed by atoms with E-state index in [0.717, 1.165) is 38.5 Å². The standard InChI is InChI=1S/C32H62N2O8/c1-3-5-7-9-11-13-15-17-19-21-27(36)34-25(24-41-32-30(39)29(38)28(37)26(23-35)42-32)31(40)33-22-20-18-16-14-12-10-8-6-4-2/h25-26,28-30,32,35,37-39H,3-24H2,1-2H3,(H,33,40)(H,34,36)/t25?,26-,28+,29+,30-,32+/m1/s1. The van der Waals surface area contributed by atoms with Crippen molar-refractivity contribution in [3.05, 3.63) is 0 Å². The number of amides is 2. The minimum Gasteiger partial charge on any atom is -0.394 e. The van der Waals surface area contributed by atoms with Crippen molar-refractivity contribution in [3.63, 3.8) is 0 Å². The molecule has 0 aliphatic carbocycles. The van der Waals surface area contributed by atoms with Gasteiger partial charge in [0.1, 0.15) is 30.5 Å². The Bertz CT molecular complexity index is 681. The molecule has 6 N–H and O–H groups in total. The van der Waals surface area contributed by atoms with E-state index >= 15 is 0 Å². The highest BCUT2D eigenvalue weighted by atomic mass is 16.7. The molecule has 0 aromatic heterocycles. The van der Waals surface area contributed by atoms with E-state index in [1.165, 1.54) is 77.0 Å². The van der Waals surface area contributed by atoms with Crippen LogP contribution in [0, 0.1) is 0 Å². The van der Waals surface area contributed by atoms with Crippen LogP contribution in [0.5, 0.6) is 0 Å². The zero-order chi connectivity index (χ0) is 31.0. The largest absolute Gasteiger partial charge is 0.394 e. The number of rotatable bonds is 26. The fraction of sp³-hybridized carbons (Fsp3) is 0.938. The second-order valence-corrected chi connectivity index (χ2v) is 11.8. The number of ether oxygens (including phenoxy) is 2. The summed E-state index contributed by atoms with van der Waals surface area (Å²) in [4.78, 5) is 25.7. The molecule has 1 aliphatic heterocycles. The van der Waals surface area contributed by atoms with Crippen molar-refractivity contribution in [2.45, 2.75) is 173 Å². The average molecular weight is 603 g/mol. The third kappa shape index (κ3) is 17.1. The van der Waals surface area contributed by atoms with E-state index in [2.05, 4.69) is 24.5 Å². The van der Waals surface area contributed by atoms with Crippen LogP contribution in [0.2, 0.25) is 0 Å². The van der Waals surface area contributed by atoms with Crippen LogP contribution in [0.3, 0.4) is 0 Å². The first-order valence-electron chi connectivity index (χ1n) is 16.8. The van der Waals surface area contributed by atoms with Gasteiger partial charge in [-0.25, -0.2) is 0 Å². The highest BCUT2D eigenvalue weighted by molar-refractivity contribution is 5.87. The molecule has 0 aromatic rings. The molecular formula is C32H62N2O8. The topological polar surface area (TPSA) is 158 Å². The Balaban J connectivity index is 2.49. The first kappa shape index (κ1) is 38.7. The van der Waals surface area contributed by atoms with Gasteiger partial charge in [-0.05, 0) is 12.8 Å². The number of carbonyl (C=O) groups is 2. The van der Waals surface area contributed by atoms with Crippen molar-refractivity contribution in [1.82, 2.24) is 10.6 Å². The Hall–Kier alpha value is -1.30. The third-order valence-corrected chi connectivity index (χ3v) is 8.01. The maximum absolute atomic E-state index is 13.0. The highest BCUT2D eigenvalue weighted by Crippen LogP contribution is 2.22. The summed E-state index contributed by atoms with van der Waals surface area (Å²) < 4.78 is 11.0. The first-order valence-corrected chi connectivity index (χ1v) is 16.8. The predicted octanol–water partition coefficient (Wildman–Crippen LogP) is 3.86. The summed E-state index contributed by atoms with van der Waals surface area (Å²) in [6.07, 6.45) is 13.9. The summed E-state index contributed by atoms with van der Waals surface area (Å²) in [6, 6.07) is -1.01. The molecule has 1 rings (SSSR count). The fourth-order valence-electron chi connectivity index (χ4n) is 5.21. The lowest BCUT2D eigenvalue weighted by atomic mass is 9.99. The van der Waals surface area contributed by atoms with Gasteiger partial charge in [0.15, 0.2) is 6.29 Å². The van der Waals surface area contributed by atoms with E-state index in [-0.39, 0.29) is 18.4 Å². The van der Waals surface area contributed by atoms with Gasteiger partial charge in [0.05, 0.1) is 13.2 Å². The van der Waals surface area contributed by atoms with Crippen molar-refractivity contribution in [3.8, 4) is 0 Å². The number of nitrogens with one attached hydrogen (secondary N) is 2. The van der Waals surface area contributed by atoms with Crippen LogP contribution in [0.25, 0.3) is 0 Å². The molecule has 0 spiro atoms. The zero-order valence-electron chi connectivity index (χ0n) is 26.4. The number of hydrogen-bond acceptors (Lipinski definition) is 8. The normalized spacial score (nSPS) is 23.0. The van der Waals surface area contributed by atoms with Crippen LogP contribution >= 0.6 is 0 Å². The molecule has 1 fully saturated rings. The monoisotopic (exact) mass is 602 g/mol. The maximum Gasteiger partial charge on any atom is 0.244 e. The SMILES string of the molecule is CCCCCCCCCCCNC(=O)C(CO[C@H]1O[C@H](CO)[C@H](O)[C@H](O)[C@H]1O)NC(=O)CCCCCCCCCCC. The number of carbonyl (C=O) groups excluding carboxylic acids is 2. The highest BCUT2D eigenvalue weighted by Gasteiger charge is 2.44. The number of aliphatic hydroxyl groups excluding tert-OH is 4. The number of unbranched alkanes of at least 4 members (excludes halogenated alkanes) is 16. The molecule has 0 bridgehead atoms. The molecule has 1 aliphatic rings. The summed E-state index contributed by atoms with van der Waals surface area (Å²) >= 11 is 0. The van der Waals surface area contributed by atoms with Crippen molar-refractivity contribution >= 4 is 11.8 Å². The molecule has 1 saturated heterocycles. The second-order valence-electron chi connectivity index (χ2n) is 11.8. The molecule has 2 amide bonds. The average Bonchev–Trinajstić information content (AvgIpc) is 2.98. The molecule has 10 heteroatoms. The molecule has 10 nitrogen and oxygen atoms in total. The summed E-state index contributed by atoms with van der Waals surface area (Å²) in [5.41, 5.74) is 0. The van der Waals surface area contributed by atoms with E-state index in [1.807, 2.05) is 0 Å². The summed E-state index contributed by atoms with van der Waals surface area (Å²) in [5.74, 6) is -0.641. The van der Waals surface area contributed by atoms with Crippen molar-refractivity contribution in [1.29, 1.82) is 0 Å². The van der Waals surface area contributed by atoms with Crippen LogP contribution in [0.1, 0.15) is 136 Å². The third-order valence-electron chi connectivity index (χ3n) is 8.01. The first-order chi connectivity index (χ1) is 20.3. The molecular weight excluding hydrogens is 540 g/mol. The minimum atomic E-state index is -1.58. The van der Waals surface area contributed by atoms with Gasteiger partial charge in [0.2, 0.25) is 11.8 Å². The number of aliphatic hydroxyl groups is 4. The van der Waals surface area contributed by atoms with E-state index in [1.54, 1.807) is 0 Å². The molecule has 0 saturated carbocycles. The van der Waals surface area contributed by atoms with Gasteiger partial charge in [-0.2, -0.15) is 0 Å². The molecule has 42 heavy (non-hydrogen) atoms. The molecule has 1 heterocycles. The molecule has 0 aromatic carbocycles. The Labute approximate surface area is 254 Å². The van der Waals surface area contributed by atoms with Gasteiger partial charge < -0.3 is 40.5 Å². The Morgan fingerprint density at radius 2 is 1.21 bits per heavy atom. The van der Waals surface area contributed by atoms with Gasteiger partial charge in [-0.3, -0.25) is 9.59 Å². The summed E-state index contributed by atoms with van der Waals surface area (Å²) in [5, 5.41) is 45.4. The van der Waals surface area contributed by atoms with Gasteiger partial charge >= 0.3 is 0 Å². The minimum absolute atomic E-state index is 0.251. The molecule has 0 radical (unpaired) electrons. The fourth-order valence-corrected chi connectivity index (χ4v) is 5.21. The van der Waals surface area contributed by atoms with E-state index in [9.17, 15) is 30.0 Å².